The minimum absolute atomic E-state index is 0.00264. The van der Waals surface area contributed by atoms with Gasteiger partial charge in [-0.2, -0.15) is 0 Å². The predicted octanol–water partition coefficient (Wildman–Crippen LogP) is 0.801. The summed E-state index contributed by atoms with van der Waals surface area (Å²) in [5.74, 6) is 0.00646. The van der Waals surface area contributed by atoms with Crippen LogP contribution in [-0.4, -0.2) is 186 Å². The van der Waals surface area contributed by atoms with Gasteiger partial charge in [0.15, 0.2) is 0 Å². The van der Waals surface area contributed by atoms with E-state index in [0.717, 1.165) is 84.7 Å². The maximum atomic E-state index is 14.2. The molecular weight excluding hydrogens is 1010 g/mol. The molecule has 0 aliphatic carbocycles. The molecule has 1 amide bonds. The monoisotopic (exact) mass is 1080 g/mol. The number of halogens is 1. The second kappa shape index (κ2) is 26.9. The number of rotatable bonds is 26. The molecule has 8 bridgehead atoms. The van der Waals surface area contributed by atoms with E-state index >= 15 is 0 Å². The van der Waals surface area contributed by atoms with Crippen molar-refractivity contribution in [3.8, 4) is 0 Å². The van der Waals surface area contributed by atoms with Crippen molar-refractivity contribution in [1.29, 1.82) is 0 Å². The summed E-state index contributed by atoms with van der Waals surface area (Å²) < 4.78 is 45.2. The molecule has 18 nitrogen and oxygen atoms in total. The first-order valence-corrected chi connectivity index (χ1v) is 26.6. The number of amides is 1. The van der Waals surface area contributed by atoms with Crippen LogP contribution < -0.4 is 21.2 Å². The molecule has 6 heterocycles. The third-order valence-electron chi connectivity index (χ3n) is 12.9. The Kier molecular flexibility index (Phi) is 21.4. The normalized spacial score (nSPS) is 21.6. The summed E-state index contributed by atoms with van der Waals surface area (Å²) in [5.41, 5.74) is 12.9. The quantitative estimate of drug-likeness (QED) is 0.0371. The zero-order valence-corrected chi connectivity index (χ0v) is 43.5. The van der Waals surface area contributed by atoms with Gasteiger partial charge in [-0.1, -0.05) is 0 Å². The average molecular weight is 1080 g/mol. The van der Waals surface area contributed by atoms with Gasteiger partial charge < -0.3 is 15.3 Å². The first-order chi connectivity index (χ1) is 33.3. The van der Waals surface area contributed by atoms with Crippen molar-refractivity contribution < 1.29 is 84.3 Å². The molecule has 384 valence electrons. The summed E-state index contributed by atoms with van der Waals surface area (Å²) in [4.78, 5) is 33.9. The van der Waals surface area contributed by atoms with Crippen LogP contribution in [0.2, 0.25) is 0 Å². The molecular formula is C50H73IN5O13-. The van der Waals surface area contributed by atoms with Gasteiger partial charge >= 0.3 is 375 Å². The molecule has 1 saturated heterocycles. The summed E-state index contributed by atoms with van der Waals surface area (Å²) in [6.07, 6.45) is -4.12. The summed E-state index contributed by atoms with van der Waals surface area (Å²) >= 11 is -0.803. The Morgan fingerprint density at radius 3 is 1.93 bits per heavy atom. The van der Waals surface area contributed by atoms with Gasteiger partial charge in [-0.15, -0.1) is 0 Å². The van der Waals surface area contributed by atoms with Gasteiger partial charge in [0.1, 0.15) is 6.10 Å². The summed E-state index contributed by atoms with van der Waals surface area (Å²) in [6, 6.07) is 6.23. The van der Waals surface area contributed by atoms with Gasteiger partial charge in [0.25, 0.3) is 0 Å². The number of methoxy groups -OCH3 is 2. The van der Waals surface area contributed by atoms with Crippen LogP contribution in [0.4, 0.5) is 0 Å². The Balaban J connectivity index is 1.33. The predicted molar refractivity (Wildman–Crippen MR) is 256 cm³/mol. The van der Waals surface area contributed by atoms with Crippen LogP contribution in [0.15, 0.2) is 18.2 Å². The first-order valence-electron chi connectivity index (χ1n) is 23.8. The van der Waals surface area contributed by atoms with E-state index in [0.29, 0.717) is 83.6 Å². The summed E-state index contributed by atoms with van der Waals surface area (Å²) in [5, 5.41) is 41.6. The number of carbonyl (C=O) groups is 1. The fourth-order valence-electron chi connectivity index (χ4n) is 8.56. The fourth-order valence-corrected chi connectivity index (χ4v) is 12.0. The molecule has 0 radical (unpaired) electrons. The molecule has 1 fully saturated rings. The standard InChI is InChI=1S/C50H73IN5O13/c1-9-34-30(3)39-25-42-35(28-68-50-49(61)48(60)47(59)43(27-57)69-50)31(4)38(54-42)24-40-32(5)45(46(55-40)33(6)37-22-29(2)36(52-37)23-41(34)53-39)51-26-44(58)56(10-12-64-18-20-66-16-14-62-7)11-13-65-19-21-67-17-15-63-8/h22-25,32,43,45,47-50,53-54,57,59-61H,9-21,26-28H2,1-8H3/q-1/t32-,43-,45+,47-,48+,49-,50-/m1/s1. The molecule has 6 rings (SSSR count). The summed E-state index contributed by atoms with van der Waals surface area (Å²) in [6.45, 7) is 17.2. The van der Waals surface area contributed by atoms with Crippen molar-refractivity contribution in [3.63, 3.8) is 0 Å². The Bertz CT molecular complexity index is 2330. The zero-order valence-electron chi connectivity index (χ0n) is 41.3. The van der Waals surface area contributed by atoms with Gasteiger partial charge in [0.05, 0.1) is 6.61 Å². The molecule has 7 atom stereocenters. The Morgan fingerprint density at radius 1 is 0.739 bits per heavy atom. The number of nitrogens with zero attached hydrogens (tertiary/aromatic N) is 3. The Morgan fingerprint density at radius 2 is 1.32 bits per heavy atom. The van der Waals surface area contributed by atoms with Crippen LogP contribution in [0.1, 0.15) is 81.2 Å². The fraction of sp³-hybridized carbons (Fsp3) is 0.620. The van der Waals surface area contributed by atoms with Crippen molar-refractivity contribution in [2.24, 2.45) is 0 Å². The van der Waals surface area contributed by atoms with Crippen LogP contribution in [-0.2, 0) is 55.7 Å². The second-order valence-electron chi connectivity index (χ2n) is 17.5. The van der Waals surface area contributed by atoms with Crippen LogP contribution in [0.5, 0.6) is 0 Å². The molecule has 6 N–H and O–H groups in total. The summed E-state index contributed by atoms with van der Waals surface area (Å²) in [7, 11) is 3.26. The number of ether oxygens (including phenoxy) is 8. The van der Waals surface area contributed by atoms with E-state index in [1.165, 1.54) is 0 Å². The van der Waals surface area contributed by atoms with E-state index in [1.807, 2.05) is 11.8 Å². The molecule has 19 heteroatoms. The topological polar surface area (TPSA) is 232 Å². The number of hydrogen-bond donors (Lipinski definition) is 6. The van der Waals surface area contributed by atoms with E-state index in [1.54, 1.807) is 14.2 Å². The Labute approximate surface area is 415 Å². The van der Waals surface area contributed by atoms with Crippen molar-refractivity contribution in [2.45, 2.75) is 95.1 Å². The number of hydrogen-bond acceptors (Lipinski definition) is 15. The number of aromatic amines is 2. The van der Waals surface area contributed by atoms with Crippen LogP contribution in [0.3, 0.4) is 0 Å². The number of aliphatic hydroxyl groups is 4. The van der Waals surface area contributed by atoms with Crippen molar-refractivity contribution in [2.75, 3.05) is 104 Å². The van der Waals surface area contributed by atoms with Gasteiger partial charge in [-0.05, 0) is 0 Å². The molecule has 0 aromatic carbocycles. The number of nitrogens with one attached hydrogen (secondary N) is 2. The van der Waals surface area contributed by atoms with Crippen LogP contribution >= 0.6 is 0 Å². The number of aryl methyl sites for hydroxylation is 3. The second-order valence-corrected chi connectivity index (χ2v) is 20.4. The number of allylic oxidation sites excluding steroid dienone is 1. The van der Waals surface area contributed by atoms with Gasteiger partial charge in [-0.25, -0.2) is 0 Å². The van der Waals surface area contributed by atoms with E-state index < -0.39 is 58.5 Å². The first kappa shape index (κ1) is 54.9. The molecule has 0 saturated carbocycles. The SMILES string of the molecule is CCc1c(C)c2cc3[nH]c(cc4nc(c(C)c5nc(cc1[nH]2)C(C)=C5)[C@@H]([I-]CC(=O)N(CCOCCOCCOC)CCOCCOCCOC)[C@@H]4C)c(C)c3CO[C@@H]1O[C@H](CO)[C@@H](O)[C@H](O)[C@H]1O. The van der Waals surface area contributed by atoms with Crippen molar-refractivity contribution in [1.82, 2.24) is 24.8 Å². The number of alkyl halides is 2. The van der Waals surface area contributed by atoms with Crippen molar-refractivity contribution >= 4 is 39.6 Å². The van der Waals surface area contributed by atoms with E-state index in [9.17, 15) is 25.2 Å². The van der Waals surface area contributed by atoms with Crippen LogP contribution in [0.25, 0.3) is 33.7 Å². The number of carbonyl (C=O) groups excluding carboxylic acids is 1. The van der Waals surface area contributed by atoms with Crippen LogP contribution in [0, 0.1) is 20.8 Å². The zero-order chi connectivity index (χ0) is 49.6. The number of aromatic nitrogens is 4. The van der Waals surface area contributed by atoms with E-state index in [-0.39, 0.29) is 22.4 Å². The minimum atomic E-state index is -1.57. The van der Waals surface area contributed by atoms with Gasteiger partial charge in [0.2, 0.25) is 0 Å². The molecule has 3 aromatic heterocycles. The molecule has 3 aromatic rings. The molecule has 0 unspecified atom stereocenters. The average Bonchev–Trinajstić information content (AvgIpc) is 4.05. The third-order valence-corrected chi connectivity index (χ3v) is 16.6. The molecule has 69 heavy (non-hydrogen) atoms. The maximum absolute atomic E-state index is 14.2. The molecule has 3 aliphatic rings. The third kappa shape index (κ3) is 14.0. The number of aliphatic hydroxyl groups excluding tert-OH is 4. The van der Waals surface area contributed by atoms with Gasteiger partial charge in [0, 0.05) is 14.2 Å². The van der Waals surface area contributed by atoms with E-state index in [4.69, 9.17) is 47.9 Å². The number of H-pyrrole nitrogens is 2. The van der Waals surface area contributed by atoms with Crippen molar-refractivity contribution in [3.05, 3.63) is 68.8 Å². The molecule has 0 spiro atoms. The molecule has 3 aliphatic heterocycles. The Hall–Kier alpha value is -3.42. The van der Waals surface area contributed by atoms with Gasteiger partial charge in [-0.3, -0.25) is 0 Å². The van der Waals surface area contributed by atoms with E-state index in [2.05, 4.69) is 68.9 Å². The number of fused-ring (bicyclic) bond motifs is 8.